The van der Waals surface area contributed by atoms with E-state index in [4.69, 9.17) is 4.74 Å². The first kappa shape index (κ1) is 17.7. The normalized spacial score (nSPS) is 10.8. The molecule has 0 aromatic heterocycles. The SMILES string of the molecule is COC(=O)c1ccccc1OC(=O)/C=C(\C)CCC=C(C)C. The van der Waals surface area contributed by atoms with E-state index >= 15 is 0 Å². The lowest BCUT2D eigenvalue weighted by molar-refractivity contribution is -0.129. The third-order valence-electron chi connectivity index (χ3n) is 2.96. The van der Waals surface area contributed by atoms with Gasteiger partial charge in [0, 0.05) is 6.08 Å². The molecule has 4 heteroatoms. The molecule has 118 valence electrons. The second-order valence-electron chi connectivity index (χ2n) is 5.22. The Hall–Kier alpha value is -2.36. The summed E-state index contributed by atoms with van der Waals surface area (Å²) in [5, 5.41) is 0. The van der Waals surface area contributed by atoms with Crippen molar-refractivity contribution in [1.29, 1.82) is 0 Å². The van der Waals surface area contributed by atoms with Gasteiger partial charge < -0.3 is 9.47 Å². The molecule has 0 atom stereocenters. The molecule has 1 aromatic rings. The smallest absolute Gasteiger partial charge is 0.341 e. The predicted octanol–water partition coefficient (Wildman–Crippen LogP) is 4.07. The molecule has 0 fully saturated rings. The van der Waals surface area contributed by atoms with Crippen molar-refractivity contribution in [3.63, 3.8) is 0 Å². The molecule has 0 N–H and O–H groups in total. The molecule has 0 heterocycles. The molecule has 1 rings (SSSR count). The van der Waals surface area contributed by atoms with Crippen molar-refractivity contribution < 1.29 is 19.1 Å². The van der Waals surface area contributed by atoms with Gasteiger partial charge in [-0.2, -0.15) is 0 Å². The van der Waals surface area contributed by atoms with Crippen molar-refractivity contribution >= 4 is 11.9 Å². The zero-order chi connectivity index (χ0) is 16.5. The van der Waals surface area contributed by atoms with Crippen LogP contribution in [-0.4, -0.2) is 19.0 Å². The van der Waals surface area contributed by atoms with Crippen LogP contribution >= 0.6 is 0 Å². The van der Waals surface area contributed by atoms with Gasteiger partial charge in [0.2, 0.25) is 0 Å². The molecule has 0 radical (unpaired) electrons. The summed E-state index contributed by atoms with van der Waals surface area (Å²) in [7, 11) is 1.29. The number of ether oxygens (including phenoxy) is 2. The molecule has 0 unspecified atom stereocenters. The Morgan fingerprint density at radius 1 is 1.14 bits per heavy atom. The highest BCUT2D eigenvalue weighted by atomic mass is 16.5. The fourth-order valence-corrected chi connectivity index (χ4v) is 1.83. The molecule has 0 saturated heterocycles. The number of esters is 2. The van der Waals surface area contributed by atoms with Gasteiger partial charge in [0.25, 0.3) is 0 Å². The van der Waals surface area contributed by atoms with Gasteiger partial charge in [0.1, 0.15) is 11.3 Å². The summed E-state index contributed by atoms with van der Waals surface area (Å²) in [5.74, 6) is -0.827. The van der Waals surface area contributed by atoms with Crippen molar-refractivity contribution in [1.82, 2.24) is 0 Å². The number of rotatable bonds is 6. The number of benzene rings is 1. The molecule has 0 aliphatic heterocycles. The molecule has 0 aliphatic rings. The molecule has 1 aromatic carbocycles. The third kappa shape index (κ3) is 5.95. The fraction of sp³-hybridized carbons (Fsp3) is 0.333. The summed E-state index contributed by atoms with van der Waals surface area (Å²) >= 11 is 0. The first-order chi connectivity index (χ1) is 10.4. The second kappa shape index (κ2) is 8.82. The first-order valence-electron chi connectivity index (χ1n) is 7.13. The zero-order valence-corrected chi connectivity index (χ0v) is 13.5. The van der Waals surface area contributed by atoms with Crippen LogP contribution in [0, 0.1) is 0 Å². The molecule has 4 nitrogen and oxygen atoms in total. The van der Waals surface area contributed by atoms with Crippen molar-refractivity contribution in [2.24, 2.45) is 0 Å². The van der Waals surface area contributed by atoms with Gasteiger partial charge in [0.05, 0.1) is 7.11 Å². The number of carbonyl (C=O) groups is 2. The van der Waals surface area contributed by atoms with Crippen LogP contribution in [0.1, 0.15) is 44.0 Å². The summed E-state index contributed by atoms with van der Waals surface area (Å²) < 4.78 is 9.90. The van der Waals surface area contributed by atoms with Crippen LogP contribution < -0.4 is 4.74 Å². The topological polar surface area (TPSA) is 52.6 Å². The third-order valence-corrected chi connectivity index (χ3v) is 2.96. The van der Waals surface area contributed by atoms with Gasteiger partial charge in [-0.1, -0.05) is 29.4 Å². The van der Waals surface area contributed by atoms with E-state index in [2.05, 4.69) is 10.8 Å². The Kier molecular flexibility index (Phi) is 7.09. The highest BCUT2D eigenvalue weighted by Gasteiger charge is 2.14. The minimum absolute atomic E-state index is 0.202. The van der Waals surface area contributed by atoms with Crippen molar-refractivity contribution in [2.75, 3.05) is 7.11 Å². The Bertz CT molecular complexity index is 593. The van der Waals surface area contributed by atoms with Gasteiger partial charge in [0.15, 0.2) is 0 Å². The number of methoxy groups -OCH3 is 1. The minimum atomic E-state index is -0.535. The van der Waals surface area contributed by atoms with Crippen LogP contribution in [0.25, 0.3) is 0 Å². The van der Waals surface area contributed by atoms with Crippen LogP contribution in [0.5, 0.6) is 5.75 Å². The standard InChI is InChI=1S/C18H22O4/c1-13(2)8-7-9-14(3)12-17(19)22-16-11-6-5-10-15(16)18(20)21-4/h5-6,8,10-12H,7,9H2,1-4H3/b14-12+. The number of hydrogen-bond acceptors (Lipinski definition) is 4. The number of carbonyl (C=O) groups excluding carboxylic acids is 2. The van der Waals surface area contributed by atoms with E-state index in [0.717, 1.165) is 18.4 Å². The molecule has 22 heavy (non-hydrogen) atoms. The van der Waals surface area contributed by atoms with Gasteiger partial charge in [-0.3, -0.25) is 0 Å². The van der Waals surface area contributed by atoms with Gasteiger partial charge in [-0.25, -0.2) is 9.59 Å². The lowest BCUT2D eigenvalue weighted by Gasteiger charge is -2.07. The maximum atomic E-state index is 11.9. The minimum Gasteiger partial charge on any atom is -0.465 e. The molecule has 0 amide bonds. The van der Waals surface area contributed by atoms with Crippen LogP contribution in [0.15, 0.2) is 47.6 Å². The molecule has 0 aliphatic carbocycles. The number of hydrogen-bond donors (Lipinski definition) is 0. The Labute approximate surface area is 131 Å². The number of allylic oxidation sites excluding steroid dienone is 3. The summed E-state index contributed by atoms with van der Waals surface area (Å²) in [6.07, 6.45) is 5.25. The molecular formula is C18H22O4. The Morgan fingerprint density at radius 2 is 1.82 bits per heavy atom. The van der Waals surface area contributed by atoms with E-state index in [1.807, 2.05) is 20.8 Å². The van der Waals surface area contributed by atoms with Gasteiger partial charge in [-0.05, 0) is 45.7 Å². The zero-order valence-electron chi connectivity index (χ0n) is 13.5. The fourth-order valence-electron chi connectivity index (χ4n) is 1.83. The van der Waals surface area contributed by atoms with Crippen molar-refractivity contribution in [3.8, 4) is 5.75 Å². The molecule has 0 bridgehead atoms. The van der Waals surface area contributed by atoms with E-state index < -0.39 is 11.9 Å². The van der Waals surface area contributed by atoms with Gasteiger partial charge in [-0.15, -0.1) is 0 Å². The quantitative estimate of drug-likeness (QED) is 0.344. The average molecular weight is 302 g/mol. The highest BCUT2D eigenvalue weighted by Crippen LogP contribution is 2.19. The summed E-state index contributed by atoms with van der Waals surface area (Å²) in [4.78, 5) is 23.5. The molecule has 0 spiro atoms. The van der Waals surface area contributed by atoms with Crippen molar-refractivity contribution in [3.05, 3.63) is 53.1 Å². The number of para-hydroxylation sites is 1. The lowest BCUT2D eigenvalue weighted by Crippen LogP contribution is -2.10. The van der Waals surface area contributed by atoms with Crippen LogP contribution in [-0.2, 0) is 9.53 Å². The maximum absolute atomic E-state index is 11.9. The first-order valence-corrected chi connectivity index (χ1v) is 7.13. The summed E-state index contributed by atoms with van der Waals surface area (Å²) in [5.41, 5.74) is 2.41. The summed E-state index contributed by atoms with van der Waals surface area (Å²) in [6, 6.07) is 6.50. The average Bonchev–Trinajstić information content (AvgIpc) is 2.46. The maximum Gasteiger partial charge on any atom is 0.341 e. The largest absolute Gasteiger partial charge is 0.465 e. The van der Waals surface area contributed by atoms with Crippen LogP contribution in [0.3, 0.4) is 0 Å². The monoisotopic (exact) mass is 302 g/mol. The second-order valence-corrected chi connectivity index (χ2v) is 5.22. The van der Waals surface area contributed by atoms with E-state index in [1.165, 1.54) is 18.8 Å². The van der Waals surface area contributed by atoms with E-state index in [-0.39, 0.29) is 11.3 Å². The van der Waals surface area contributed by atoms with Crippen LogP contribution in [0.2, 0.25) is 0 Å². The van der Waals surface area contributed by atoms with Crippen molar-refractivity contribution in [2.45, 2.75) is 33.6 Å². The van der Waals surface area contributed by atoms with Gasteiger partial charge >= 0.3 is 11.9 Å². The predicted molar refractivity (Wildman–Crippen MR) is 85.8 cm³/mol. The van der Waals surface area contributed by atoms with E-state index in [9.17, 15) is 9.59 Å². The highest BCUT2D eigenvalue weighted by molar-refractivity contribution is 5.94. The lowest BCUT2D eigenvalue weighted by atomic mass is 10.1. The summed E-state index contributed by atoms with van der Waals surface area (Å²) in [6.45, 7) is 5.96. The van der Waals surface area contributed by atoms with Crippen LogP contribution in [0.4, 0.5) is 0 Å². The Morgan fingerprint density at radius 3 is 2.45 bits per heavy atom. The Balaban J connectivity index is 2.73. The molecular weight excluding hydrogens is 280 g/mol. The van der Waals surface area contributed by atoms with E-state index in [0.29, 0.717) is 0 Å². The van der Waals surface area contributed by atoms with E-state index in [1.54, 1.807) is 24.3 Å². The molecule has 0 saturated carbocycles.